The normalized spacial score (nSPS) is 13.5. The van der Waals surface area contributed by atoms with Gasteiger partial charge < -0.3 is 29.3 Å². The molecule has 0 radical (unpaired) electrons. The van der Waals surface area contributed by atoms with Crippen molar-refractivity contribution < 1.29 is 28.2 Å². The summed E-state index contributed by atoms with van der Waals surface area (Å²) in [6.07, 6.45) is 5.33. The van der Waals surface area contributed by atoms with Gasteiger partial charge in [-0.15, -0.1) is 0 Å². The third kappa shape index (κ3) is 5.99. The molecule has 10 nitrogen and oxygen atoms in total. The molecule has 0 aliphatic carbocycles. The van der Waals surface area contributed by atoms with Crippen LogP contribution in [0.2, 0.25) is 0 Å². The number of aromatic nitrogens is 1. The number of amides is 2. The highest BCUT2D eigenvalue weighted by atomic mass is 32.2. The van der Waals surface area contributed by atoms with Crippen molar-refractivity contribution in [3.63, 3.8) is 0 Å². The predicted octanol–water partition coefficient (Wildman–Crippen LogP) is 2.79. The summed E-state index contributed by atoms with van der Waals surface area (Å²) in [5.41, 5.74) is 2.02. The summed E-state index contributed by atoms with van der Waals surface area (Å²) in [5, 5.41) is 5.54. The van der Waals surface area contributed by atoms with Gasteiger partial charge >= 0.3 is 5.76 Å². The van der Waals surface area contributed by atoms with E-state index < -0.39 is 17.7 Å². The van der Waals surface area contributed by atoms with Crippen LogP contribution in [0.1, 0.15) is 12.0 Å². The molecule has 184 valence electrons. The molecule has 0 fully saturated rings. The van der Waals surface area contributed by atoms with Crippen molar-refractivity contribution in [3.05, 3.63) is 52.5 Å². The van der Waals surface area contributed by atoms with Gasteiger partial charge in [-0.05, 0) is 60.4 Å². The van der Waals surface area contributed by atoms with Crippen LogP contribution in [-0.2, 0) is 9.59 Å². The summed E-state index contributed by atoms with van der Waals surface area (Å²) in [6.45, 7) is 0.869. The van der Waals surface area contributed by atoms with E-state index in [1.54, 1.807) is 48.2 Å². The van der Waals surface area contributed by atoms with Gasteiger partial charge in [0.1, 0.15) is 19.3 Å². The molecule has 4 rings (SSSR count). The lowest BCUT2D eigenvalue weighted by Crippen LogP contribution is -2.43. The van der Waals surface area contributed by atoms with Crippen LogP contribution in [0, 0.1) is 0 Å². The van der Waals surface area contributed by atoms with Crippen LogP contribution < -0.4 is 30.6 Å². The zero-order chi connectivity index (χ0) is 24.8. The summed E-state index contributed by atoms with van der Waals surface area (Å²) < 4.78 is 21.6. The molecule has 2 amide bonds. The van der Waals surface area contributed by atoms with Gasteiger partial charge in [-0.1, -0.05) is 0 Å². The highest BCUT2D eigenvalue weighted by Crippen LogP contribution is 2.40. The third-order valence-electron chi connectivity index (χ3n) is 5.21. The van der Waals surface area contributed by atoms with Crippen LogP contribution in [0.25, 0.3) is 17.2 Å². The number of carbonyl (C=O) groups excluding carboxylic acids is 2. The van der Waals surface area contributed by atoms with Crippen LogP contribution in [0.5, 0.6) is 17.2 Å². The molecule has 2 heterocycles. The second-order valence-electron chi connectivity index (χ2n) is 7.64. The number of hydrogen-bond acceptors (Lipinski definition) is 8. The fraction of sp³-hybridized carbons (Fsp3) is 0.292. The van der Waals surface area contributed by atoms with E-state index in [1.165, 1.54) is 13.2 Å². The zero-order valence-corrected chi connectivity index (χ0v) is 20.0. The zero-order valence-electron chi connectivity index (χ0n) is 19.2. The molecule has 2 aromatic carbocycles. The van der Waals surface area contributed by atoms with E-state index in [1.807, 2.05) is 6.26 Å². The maximum absolute atomic E-state index is 12.9. The average Bonchev–Trinajstić information content (AvgIpc) is 3.23. The van der Waals surface area contributed by atoms with Crippen LogP contribution in [0.3, 0.4) is 0 Å². The van der Waals surface area contributed by atoms with E-state index in [9.17, 15) is 14.4 Å². The SMILES string of the molecule is COc1cc(/C=C\C(=O)N[C@H](CCSC)C(=O)Nc2ccc3oc(=O)[nH]c3c2)cc2c1OCCO2. The van der Waals surface area contributed by atoms with Crippen LogP contribution in [-0.4, -0.2) is 55.2 Å². The van der Waals surface area contributed by atoms with Gasteiger partial charge in [0.15, 0.2) is 17.1 Å². The molecule has 0 saturated carbocycles. The number of rotatable bonds is 9. The van der Waals surface area contributed by atoms with E-state index in [0.29, 0.717) is 65.0 Å². The van der Waals surface area contributed by atoms with E-state index in [-0.39, 0.29) is 5.91 Å². The Morgan fingerprint density at radius 1 is 1.23 bits per heavy atom. The first-order chi connectivity index (χ1) is 17.0. The number of benzene rings is 2. The maximum atomic E-state index is 12.9. The lowest BCUT2D eigenvalue weighted by atomic mass is 10.1. The average molecular weight is 500 g/mol. The van der Waals surface area contributed by atoms with Crippen molar-refractivity contribution in [1.29, 1.82) is 0 Å². The molecular weight excluding hydrogens is 474 g/mol. The number of nitrogens with one attached hydrogen (secondary N) is 3. The van der Waals surface area contributed by atoms with E-state index >= 15 is 0 Å². The number of ether oxygens (including phenoxy) is 3. The number of oxazole rings is 1. The van der Waals surface area contributed by atoms with Crippen molar-refractivity contribution in [2.45, 2.75) is 12.5 Å². The van der Waals surface area contributed by atoms with Crippen LogP contribution in [0.4, 0.5) is 5.69 Å². The first-order valence-electron chi connectivity index (χ1n) is 10.9. The smallest absolute Gasteiger partial charge is 0.417 e. The van der Waals surface area contributed by atoms with E-state index in [2.05, 4.69) is 15.6 Å². The van der Waals surface area contributed by atoms with E-state index in [4.69, 9.17) is 18.6 Å². The van der Waals surface area contributed by atoms with E-state index in [0.717, 1.165) is 0 Å². The first kappa shape index (κ1) is 24.3. The summed E-state index contributed by atoms with van der Waals surface area (Å²) in [6, 6.07) is 7.55. The van der Waals surface area contributed by atoms with Gasteiger partial charge in [-0.3, -0.25) is 14.6 Å². The van der Waals surface area contributed by atoms with Gasteiger partial charge in [0.05, 0.1) is 12.6 Å². The summed E-state index contributed by atoms with van der Waals surface area (Å²) in [5.74, 6) is 0.902. The summed E-state index contributed by atoms with van der Waals surface area (Å²) >= 11 is 1.57. The number of methoxy groups -OCH3 is 1. The molecule has 1 atom stereocenters. The van der Waals surface area contributed by atoms with Crippen molar-refractivity contribution >= 4 is 46.4 Å². The maximum Gasteiger partial charge on any atom is 0.417 e. The number of thioether (sulfide) groups is 1. The van der Waals surface area contributed by atoms with Crippen molar-refractivity contribution in [2.24, 2.45) is 0 Å². The molecule has 0 saturated heterocycles. The molecule has 0 spiro atoms. The highest BCUT2D eigenvalue weighted by molar-refractivity contribution is 7.98. The monoisotopic (exact) mass is 499 g/mol. The quantitative estimate of drug-likeness (QED) is 0.383. The fourth-order valence-corrected chi connectivity index (χ4v) is 4.02. The first-order valence-corrected chi connectivity index (χ1v) is 12.2. The highest BCUT2D eigenvalue weighted by Gasteiger charge is 2.21. The molecule has 35 heavy (non-hydrogen) atoms. The summed E-state index contributed by atoms with van der Waals surface area (Å²) in [7, 11) is 1.53. The Hall–Kier alpha value is -3.86. The van der Waals surface area contributed by atoms with Crippen molar-refractivity contribution in [1.82, 2.24) is 10.3 Å². The Labute approximate surface area is 205 Å². The summed E-state index contributed by atoms with van der Waals surface area (Å²) in [4.78, 5) is 39.5. The van der Waals surface area contributed by atoms with Crippen LogP contribution in [0.15, 0.2) is 45.6 Å². The van der Waals surface area contributed by atoms with Gasteiger partial charge in [0.25, 0.3) is 0 Å². The number of anilines is 1. The fourth-order valence-electron chi connectivity index (χ4n) is 3.55. The molecule has 11 heteroatoms. The molecule has 1 aliphatic rings. The number of hydrogen-bond donors (Lipinski definition) is 3. The Morgan fingerprint density at radius 2 is 2.06 bits per heavy atom. The molecule has 1 aromatic heterocycles. The Morgan fingerprint density at radius 3 is 2.86 bits per heavy atom. The molecule has 3 aromatic rings. The minimum absolute atomic E-state index is 0.369. The second kappa shape index (κ2) is 11.0. The van der Waals surface area contributed by atoms with Crippen molar-refractivity contribution in [2.75, 3.05) is 37.6 Å². The minimum atomic E-state index is -0.756. The molecule has 0 unspecified atom stereocenters. The van der Waals surface area contributed by atoms with Gasteiger partial charge in [0, 0.05) is 11.8 Å². The lowest BCUT2D eigenvalue weighted by Gasteiger charge is -2.21. The Balaban J connectivity index is 1.44. The number of aromatic amines is 1. The Bertz CT molecular complexity index is 1300. The number of carbonyl (C=O) groups is 2. The largest absolute Gasteiger partial charge is 0.493 e. The topological polar surface area (TPSA) is 132 Å². The Kier molecular flexibility index (Phi) is 7.66. The standard InChI is InChI=1S/C24H25N3O7S/c1-31-19-11-14(12-20-22(19)33-9-8-32-20)3-6-21(28)26-16(7-10-35-2)23(29)25-15-4-5-18-17(13-15)27-24(30)34-18/h3-6,11-13,16H,7-10H2,1-2H3,(H,25,29)(H,26,28)(H,27,30)/b6-3-/t16-/m1/s1. The van der Waals surface area contributed by atoms with Crippen molar-refractivity contribution in [3.8, 4) is 17.2 Å². The number of H-pyrrole nitrogens is 1. The van der Waals surface area contributed by atoms with Gasteiger partial charge in [-0.2, -0.15) is 11.8 Å². The minimum Gasteiger partial charge on any atom is -0.493 e. The van der Waals surface area contributed by atoms with Crippen LogP contribution >= 0.6 is 11.8 Å². The molecule has 1 aliphatic heterocycles. The lowest BCUT2D eigenvalue weighted by molar-refractivity contribution is -0.123. The predicted molar refractivity (Wildman–Crippen MR) is 133 cm³/mol. The van der Waals surface area contributed by atoms with Gasteiger partial charge in [0.2, 0.25) is 17.6 Å². The molecular formula is C24H25N3O7S. The van der Waals surface area contributed by atoms with Gasteiger partial charge in [-0.25, -0.2) is 4.79 Å². The third-order valence-corrected chi connectivity index (χ3v) is 5.85. The second-order valence-corrected chi connectivity index (χ2v) is 8.62. The number of fused-ring (bicyclic) bond motifs is 2. The molecule has 0 bridgehead atoms. The molecule has 3 N–H and O–H groups in total.